The van der Waals surface area contributed by atoms with E-state index >= 15 is 0 Å². The zero-order valence-corrected chi connectivity index (χ0v) is 14.5. The van der Waals surface area contributed by atoms with Crippen LogP contribution < -0.4 is 10.6 Å². The van der Waals surface area contributed by atoms with Gasteiger partial charge in [-0.3, -0.25) is 0 Å². The molecule has 0 saturated carbocycles. The van der Waals surface area contributed by atoms with E-state index in [0.29, 0.717) is 18.9 Å². The van der Waals surface area contributed by atoms with Crippen LogP contribution in [-0.2, 0) is 9.47 Å². The van der Waals surface area contributed by atoms with Crippen molar-refractivity contribution in [2.24, 2.45) is 5.92 Å². The molecule has 0 bridgehead atoms. The number of hydrogen-bond donors (Lipinski definition) is 2. The number of rotatable bonds is 2. The molecule has 2 saturated heterocycles. The maximum absolute atomic E-state index is 13.2. The van der Waals surface area contributed by atoms with Crippen molar-refractivity contribution < 1.29 is 18.7 Å². The van der Waals surface area contributed by atoms with E-state index in [4.69, 9.17) is 9.47 Å². The van der Waals surface area contributed by atoms with Gasteiger partial charge in [0.15, 0.2) is 0 Å². The van der Waals surface area contributed by atoms with Crippen molar-refractivity contribution >= 4 is 11.7 Å². The number of amides is 2. The van der Waals surface area contributed by atoms with E-state index in [0.717, 1.165) is 5.56 Å². The van der Waals surface area contributed by atoms with Crippen LogP contribution in [0.3, 0.4) is 0 Å². The van der Waals surface area contributed by atoms with Crippen LogP contribution in [0.4, 0.5) is 14.9 Å². The van der Waals surface area contributed by atoms with E-state index < -0.39 is 11.8 Å². The Labute approximate surface area is 156 Å². The third-order valence-corrected chi connectivity index (χ3v) is 4.63. The SMILES string of the molecule is O=C(Nc1cccc(F)c1)N[C@H]1CO[C@H]2[C@@H]1OC[C@@H]2C#Cc1ccccc1. The Bertz CT molecular complexity index is 878. The number of benzene rings is 2. The molecule has 2 aliphatic rings. The maximum Gasteiger partial charge on any atom is 0.319 e. The lowest BCUT2D eigenvalue weighted by atomic mass is 10.0. The number of hydrogen-bond acceptors (Lipinski definition) is 3. The Kier molecular flexibility index (Phi) is 5.05. The first kappa shape index (κ1) is 17.5. The second-order valence-corrected chi connectivity index (χ2v) is 6.55. The second-order valence-electron chi connectivity index (χ2n) is 6.55. The Balaban J connectivity index is 1.35. The van der Waals surface area contributed by atoms with Gasteiger partial charge in [0, 0.05) is 11.3 Å². The van der Waals surface area contributed by atoms with E-state index in [1.807, 2.05) is 30.3 Å². The first-order valence-electron chi connectivity index (χ1n) is 8.82. The first-order chi connectivity index (χ1) is 13.2. The standard InChI is InChI=1S/C21H19FN2O3/c22-16-7-4-8-17(11-16)23-21(25)24-18-13-27-19-15(12-26-20(18)19)10-9-14-5-2-1-3-6-14/h1-8,11,15,18-20H,12-13H2,(H2,23,24,25)/t15-,18-,19+,20+/m0/s1. The number of carbonyl (C=O) groups excluding carboxylic acids is 1. The minimum absolute atomic E-state index is 0.0340. The fourth-order valence-electron chi connectivity index (χ4n) is 3.35. The van der Waals surface area contributed by atoms with Gasteiger partial charge in [-0.1, -0.05) is 36.1 Å². The summed E-state index contributed by atoms with van der Waals surface area (Å²) >= 11 is 0. The van der Waals surface area contributed by atoms with Gasteiger partial charge in [-0.15, -0.1) is 0 Å². The molecule has 2 heterocycles. The van der Waals surface area contributed by atoms with Gasteiger partial charge < -0.3 is 20.1 Å². The molecule has 4 rings (SSSR count). The van der Waals surface area contributed by atoms with Crippen LogP contribution in [0.15, 0.2) is 54.6 Å². The van der Waals surface area contributed by atoms with Crippen molar-refractivity contribution in [3.8, 4) is 11.8 Å². The molecule has 2 amide bonds. The van der Waals surface area contributed by atoms with Crippen LogP contribution in [0, 0.1) is 23.6 Å². The normalized spacial score (nSPS) is 26.0. The van der Waals surface area contributed by atoms with Gasteiger partial charge in [-0.05, 0) is 30.3 Å². The molecule has 0 aromatic heterocycles. The van der Waals surface area contributed by atoms with Gasteiger partial charge in [-0.2, -0.15) is 0 Å². The van der Waals surface area contributed by atoms with Crippen molar-refractivity contribution in [2.45, 2.75) is 18.2 Å². The summed E-state index contributed by atoms with van der Waals surface area (Å²) in [5.41, 5.74) is 1.34. The molecular weight excluding hydrogens is 347 g/mol. The molecule has 5 nitrogen and oxygen atoms in total. The van der Waals surface area contributed by atoms with E-state index in [1.54, 1.807) is 6.07 Å². The van der Waals surface area contributed by atoms with E-state index in [-0.39, 0.29) is 24.2 Å². The summed E-state index contributed by atoms with van der Waals surface area (Å²) in [5.74, 6) is 5.93. The molecule has 6 heteroatoms. The number of anilines is 1. The van der Waals surface area contributed by atoms with Crippen LogP contribution >= 0.6 is 0 Å². The number of nitrogens with one attached hydrogen (secondary N) is 2. The van der Waals surface area contributed by atoms with Crippen molar-refractivity contribution in [3.63, 3.8) is 0 Å². The Morgan fingerprint density at radius 1 is 1.04 bits per heavy atom. The van der Waals surface area contributed by atoms with Crippen LogP contribution in [0.25, 0.3) is 0 Å². The molecule has 0 spiro atoms. The highest BCUT2D eigenvalue weighted by Gasteiger charge is 2.47. The predicted molar refractivity (Wildman–Crippen MR) is 98.6 cm³/mol. The molecule has 2 aromatic rings. The molecule has 138 valence electrons. The molecule has 2 aliphatic heterocycles. The molecule has 2 fully saturated rings. The third kappa shape index (κ3) is 4.11. The van der Waals surface area contributed by atoms with E-state index in [9.17, 15) is 9.18 Å². The zero-order valence-electron chi connectivity index (χ0n) is 14.5. The molecule has 0 unspecified atom stereocenters. The second kappa shape index (κ2) is 7.78. The third-order valence-electron chi connectivity index (χ3n) is 4.63. The highest BCUT2D eigenvalue weighted by atomic mass is 19.1. The van der Waals surface area contributed by atoms with Gasteiger partial charge in [0.05, 0.1) is 25.2 Å². The van der Waals surface area contributed by atoms with Crippen molar-refractivity contribution in [3.05, 3.63) is 66.0 Å². The quantitative estimate of drug-likeness (QED) is 0.804. The van der Waals surface area contributed by atoms with E-state index in [1.165, 1.54) is 18.2 Å². The summed E-state index contributed by atoms with van der Waals surface area (Å²) in [5, 5.41) is 5.46. The summed E-state index contributed by atoms with van der Waals surface area (Å²) in [6.45, 7) is 0.828. The van der Waals surface area contributed by atoms with Crippen LogP contribution in [0.1, 0.15) is 5.56 Å². The Hall–Kier alpha value is -2.88. The maximum atomic E-state index is 13.2. The summed E-state index contributed by atoms with van der Waals surface area (Å²) in [6, 6.07) is 14.8. The zero-order chi connectivity index (χ0) is 18.6. The number of halogens is 1. The summed E-state index contributed by atoms with van der Waals surface area (Å²) in [6.07, 6.45) is -0.404. The average Bonchev–Trinajstić information content (AvgIpc) is 3.24. The van der Waals surface area contributed by atoms with Crippen molar-refractivity contribution in [1.29, 1.82) is 0 Å². The molecule has 0 radical (unpaired) electrons. The number of ether oxygens (including phenoxy) is 2. The van der Waals surface area contributed by atoms with Crippen LogP contribution in [0.2, 0.25) is 0 Å². The lowest BCUT2D eigenvalue weighted by molar-refractivity contribution is 0.0666. The van der Waals surface area contributed by atoms with E-state index in [2.05, 4.69) is 22.5 Å². The smallest absolute Gasteiger partial charge is 0.319 e. The molecule has 0 aliphatic carbocycles. The fourth-order valence-corrected chi connectivity index (χ4v) is 3.35. The summed E-state index contributed by atoms with van der Waals surface area (Å²) in [7, 11) is 0. The lowest BCUT2D eigenvalue weighted by Crippen LogP contribution is -2.45. The topological polar surface area (TPSA) is 59.6 Å². The van der Waals surface area contributed by atoms with Gasteiger partial charge in [0.1, 0.15) is 18.0 Å². The van der Waals surface area contributed by atoms with Gasteiger partial charge in [-0.25, -0.2) is 9.18 Å². The lowest BCUT2D eigenvalue weighted by Gasteiger charge is -2.17. The van der Waals surface area contributed by atoms with Crippen LogP contribution in [-0.4, -0.2) is 37.5 Å². The Morgan fingerprint density at radius 2 is 1.85 bits per heavy atom. The first-order valence-corrected chi connectivity index (χ1v) is 8.82. The fraction of sp³-hybridized carbons (Fsp3) is 0.286. The minimum atomic E-state index is -0.419. The molecule has 4 atom stereocenters. The predicted octanol–water partition coefficient (Wildman–Crippen LogP) is 2.78. The molecule has 2 N–H and O–H groups in total. The average molecular weight is 366 g/mol. The van der Waals surface area contributed by atoms with Crippen molar-refractivity contribution in [2.75, 3.05) is 18.5 Å². The number of fused-ring (bicyclic) bond motifs is 1. The molecule has 2 aromatic carbocycles. The van der Waals surface area contributed by atoms with Gasteiger partial charge >= 0.3 is 6.03 Å². The molecule has 27 heavy (non-hydrogen) atoms. The highest BCUT2D eigenvalue weighted by Crippen LogP contribution is 2.31. The van der Waals surface area contributed by atoms with Crippen molar-refractivity contribution in [1.82, 2.24) is 5.32 Å². The number of urea groups is 1. The highest BCUT2D eigenvalue weighted by molar-refractivity contribution is 5.89. The molecular formula is C21H19FN2O3. The van der Waals surface area contributed by atoms with Gasteiger partial charge in [0.25, 0.3) is 0 Å². The van der Waals surface area contributed by atoms with Crippen LogP contribution in [0.5, 0.6) is 0 Å². The Morgan fingerprint density at radius 3 is 2.67 bits per heavy atom. The largest absolute Gasteiger partial charge is 0.372 e. The number of carbonyl (C=O) groups is 1. The monoisotopic (exact) mass is 366 g/mol. The summed E-state index contributed by atoms with van der Waals surface area (Å²) in [4.78, 5) is 12.2. The van der Waals surface area contributed by atoms with Gasteiger partial charge in [0.2, 0.25) is 0 Å². The minimum Gasteiger partial charge on any atom is -0.372 e. The summed E-state index contributed by atoms with van der Waals surface area (Å²) < 4.78 is 24.9.